The van der Waals surface area contributed by atoms with Gasteiger partial charge in [0.1, 0.15) is 45.0 Å². The van der Waals surface area contributed by atoms with Gasteiger partial charge in [-0.05, 0) is 167 Å². The molecule has 17 aromatic carbocycles. The van der Waals surface area contributed by atoms with Gasteiger partial charge in [0.05, 0.1) is 0 Å². The molecular weight excluding hydrogens is 1380 g/mol. The maximum absolute atomic E-state index is 6.49. The largest absolute Gasteiger partial charge is 0.455 e. The molecule has 7 nitrogen and oxygen atoms in total. The number of rotatable bonds is 16. The van der Waals surface area contributed by atoms with Gasteiger partial charge >= 0.3 is 0 Å². The average molecular weight is 1450 g/mol. The van der Waals surface area contributed by atoms with Crippen molar-refractivity contribution in [3.8, 4) is 78.3 Å². The first-order valence-corrected chi connectivity index (χ1v) is 38.2. The molecule has 4 aromatic heterocycles. The second kappa shape index (κ2) is 29.4. The Bertz CT molecular complexity index is 6520. The van der Waals surface area contributed by atoms with E-state index in [2.05, 4.69) is 385 Å². The van der Waals surface area contributed by atoms with E-state index >= 15 is 0 Å². The van der Waals surface area contributed by atoms with E-state index in [-0.39, 0.29) is 0 Å². The Morgan fingerprint density at radius 2 is 0.372 bits per heavy atom. The lowest BCUT2D eigenvalue weighted by atomic mass is 9.98. The topological polar surface area (TPSA) is 62.3 Å². The monoisotopic (exact) mass is 1450 g/mol. The number of hydrogen-bond donors (Lipinski definition) is 0. The fraction of sp³-hybridized carbons (Fsp3) is 0. The summed E-state index contributed by atoms with van der Waals surface area (Å²) in [4.78, 5) is 6.91. The number of benzene rings is 17. The highest BCUT2D eigenvalue weighted by Crippen LogP contribution is 2.48. The van der Waals surface area contributed by atoms with E-state index in [0.717, 1.165) is 195 Å². The van der Waals surface area contributed by atoms with Crippen molar-refractivity contribution in [2.24, 2.45) is 0 Å². The summed E-state index contributed by atoms with van der Waals surface area (Å²) < 4.78 is 25.6. The molecule has 0 fully saturated rings. The van der Waals surface area contributed by atoms with Crippen LogP contribution in [0.15, 0.2) is 448 Å². The zero-order valence-corrected chi connectivity index (χ0v) is 61.5. The first kappa shape index (κ1) is 67.2. The van der Waals surface area contributed by atoms with Gasteiger partial charge in [-0.1, -0.05) is 297 Å². The molecular formula is C106H71N3O4. The van der Waals surface area contributed by atoms with Crippen LogP contribution in [0.25, 0.3) is 144 Å². The van der Waals surface area contributed by atoms with Crippen molar-refractivity contribution in [3.63, 3.8) is 0 Å². The Labute approximate surface area is 654 Å². The number of furan rings is 4. The number of hydrogen-bond acceptors (Lipinski definition) is 7. The lowest BCUT2D eigenvalue weighted by Gasteiger charge is -2.26. The summed E-state index contributed by atoms with van der Waals surface area (Å²) in [7, 11) is 0. The van der Waals surface area contributed by atoms with Crippen molar-refractivity contribution in [2.75, 3.05) is 14.7 Å². The van der Waals surface area contributed by atoms with Crippen LogP contribution >= 0.6 is 0 Å². The van der Waals surface area contributed by atoms with Gasteiger partial charge in [-0.15, -0.1) is 0 Å². The molecule has 21 aromatic rings. The molecule has 0 saturated heterocycles. The Morgan fingerprint density at radius 3 is 0.681 bits per heavy atom. The van der Waals surface area contributed by atoms with Crippen LogP contribution in [0.1, 0.15) is 0 Å². The standard InChI is InChI=1S/C64H44N2O2.C42H27NO2/c1-5-17-49(18-6-1)63-61(57-25-13-15-27-59(57)67-63)47-33-41-55(42-34-47)65(51-21-9-3-10-22-51)53-37-29-45(30-38-53)46-31-39-54(40-32-46)66(52-23-11-4-12-24-52)56-43-35-48(36-44-56)62-58-26-14-16-28-60(58)68-64(62)50-19-7-2-8-20-50;1-2-10-30(11-3-1)43(31-24-20-28(21-25-31)33-14-8-16-37-35-12-4-6-18-39(35)44-41(33)37)32-26-22-29(23-27-32)34-15-9-17-38-36-13-5-7-19-40(36)45-42(34)38/h1-44H;1-27H. The number of nitrogens with zero attached hydrogens (tertiary/aromatic N) is 3. The Morgan fingerprint density at radius 1 is 0.142 bits per heavy atom. The SMILES string of the molecule is c1ccc(-c2oc3ccccc3c2-c2ccc(N(c3ccccc3)c3ccc(-c4ccc(N(c5ccccc5)c5ccc(-c6c(-c7ccccc7)oc7ccccc67)cc5)cc4)cc3)cc2)cc1.c1ccc(N(c2ccc(-c3cccc4c3oc3ccccc34)cc2)c2ccc(-c3cccc4c3oc3ccccc34)cc2)cc1. The van der Waals surface area contributed by atoms with Gasteiger partial charge in [-0.2, -0.15) is 0 Å². The summed E-state index contributed by atoms with van der Waals surface area (Å²) in [5, 5.41) is 6.75. The lowest BCUT2D eigenvalue weighted by molar-refractivity contribution is 0.632. The molecule has 0 amide bonds. The van der Waals surface area contributed by atoms with E-state index in [4.69, 9.17) is 17.7 Å². The second-order valence-electron chi connectivity index (χ2n) is 28.2. The third kappa shape index (κ3) is 12.8. The van der Waals surface area contributed by atoms with Crippen LogP contribution in [0, 0.1) is 0 Å². The maximum atomic E-state index is 6.49. The molecule has 113 heavy (non-hydrogen) atoms. The van der Waals surface area contributed by atoms with E-state index in [9.17, 15) is 0 Å². The minimum Gasteiger partial charge on any atom is -0.455 e. The highest BCUT2D eigenvalue weighted by molar-refractivity contribution is 6.11. The Balaban J connectivity index is 0.000000159. The van der Waals surface area contributed by atoms with Crippen molar-refractivity contribution in [1.82, 2.24) is 0 Å². The molecule has 0 bridgehead atoms. The van der Waals surface area contributed by atoms with Crippen molar-refractivity contribution in [1.29, 1.82) is 0 Å². The van der Waals surface area contributed by atoms with E-state index < -0.39 is 0 Å². The fourth-order valence-electron chi connectivity index (χ4n) is 16.0. The average Bonchev–Trinajstić information content (AvgIpc) is 1.66. The molecule has 0 N–H and O–H groups in total. The quantitative estimate of drug-likeness (QED) is 0.0955. The molecule has 0 radical (unpaired) electrons. The van der Waals surface area contributed by atoms with Crippen LogP contribution in [0.4, 0.5) is 51.2 Å². The third-order valence-corrected chi connectivity index (χ3v) is 21.4. The summed E-state index contributed by atoms with van der Waals surface area (Å²) in [6, 6.07) is 151. The van der Waals surface area contributed by atoms with Crippen LogP contribution in [0.3, 0.4) is 0 Å². The van der Waals surface area contributed by atoms with Gasteiger partial charge in [0.25, 0.3) is 0 Å². The number of fused-ring (bicyclic) bond motifs is 8. The molecule has 0 aliphatic carbocycles. The summed E-state index contributed by atoms with van der Waals surface area (Å²) in [6.07, 6.45) is 0. The minimum atomic E-state index is 0.877. The summed E-state index contributed by atoms with van der Waals surface area (Å²) in [5.41, 5.74) is 28.3. The fourth-order valence-corrected chi connectivity index (χ4v) is 16.0. The van der Waals surface area contributed by atoms with Gasteiger partial charge in [0.2, 0.25) is 0 Å². The van der Waals surface area contributed by atoms with Gasteiger partial charge in [0, 0.05) is 117 Å². The highest BCUT2D eigenvalue weighted by Gasteiger charge is 2.24. The zero-order valence-electron chi connectivity index (χ0n) is 61.5. The summed E-state index contributed by atoms with van der Waals surface area (Å²) in [5.74, 6) is 1.75. The van der Waals surface area contributed by atoms with Crippen LogP contribution in [0.5, 0.6) is 0 Å². The van der Waals surface area contributed by atoms with Crippen molar-refractivity contribution >= 4 is 117 Å². The Kier molecular flexibility index (Phi) is 17.5. The number of para-hydroxylation sites is 9. The van der Waals surface area contributed by atoms with Crippen LogP contribution < -0.4 is 14.7 Å². The lowest BCUT2D eigenvalue weighted by Crippen LogP contribution is -2.10. The van der Waals surface area contributed by atoms with Crippen molar-refractivity contribution < 1.29 is 17.7 Å². The molecule has 0 unspecified atom stereocenters. The summed E-state index contributed by atoms with van der Waals surface area (Å²) in [6.45, 7) is 0. The molecule has 0 spiro atoms. The molecule has 4 heterocycles. The second-order valence-corrected chi connectivity index (χ2v) is 28.2. The highest BCUT2D eigenvalue weighted by atomic mass is 16.3. The van der Waals surface area contributed by atoms with Crippen molar-refractivity contribution in [3.05, 3.63) is 431 Å². The van der Waals surface area contributed by atoms with Crippen LogP contribution in [0.2, 0.25) is 0 Å². The molecule has 0 aliphatic rings. The zero-order chi connectivity index (χ0) is 75.0. The van der Waals surface area contributed by atoms with Gasteiger partial charge in [-0.25, -0.2) is 0 Å². The first-order valence-electron chi connectivity index (χ1n) is 38.2. The Hall–Kier alpha value is -15.2. The van der Waals surface area contributed by atoms with Gasteiger partial charge in [-0.3, -0.25) is 0 Å². The molecule has 21 rings (SSSR count). The predicted molar refractivity (Wildman–Crippen MR) is 469 cm³/mol. The molecule has 0 saturated carbocycles. The molecule has 534 valence electrons. The predicted octanol–water partition coefficient (Wildman–Crippen LogP) is 30.7. The van der Waals surface area contributed by atoms with E-state index in [1.165, 1.54) is 0 Å². The minimum absolute atomic E-state index is 0.877. The van der Waals surface area contributed by atoms with Gasteiger partial charge < -0.3 is 32.4 Å². The van der Waals surface area contributed by atoms with E-state index in [0.29, 0.717) is 0 Å². The molecule has 7 heteroatoms. The molecule has 0 aliphatic heterocycles. The molecule has 0 atom stereocenters. The van der Waals surface area contributed by atoms with E-state index in [1.807, 2.05) is 60.7 Å². The van der Waals surface area contributed by atoms with Crippen LogP contribution in [-0.2, 0) is 0 Å². The van der Waals surface area contributed by atoms with Crippen molar-refractivity contribution in [2.45, 2.75) is 0 Å². The third-order valence-electron chi connectivity index (χ3n) is 21.4. The maximum Gasteiger partial charge on any atom is 0.143 e. The van der Waals surface area contributed by atoms with Crippen LogP contribution in [-0.4, -0.2) is 0 Å². The van der Waals surface area contributed by atoms with E-state index in [1.54, 1.807) is 0 Å². The summed E-state index contributed by atoms with van der Waals surface area (Å²) >= 11 is 0. The smallest absolute Gasteiger partial charge is 0.143 e. The van der Waals surface area contributed by atoms with Gasteiger partial charge in [0.15, 0.2) is 0 Å². The number of anilines is 9. The normalized spacial score (nSPS) is 11.4. The first-order chi connectivity index (χ1) is 56.0.